The van der Waals surface area contributed by atoms with Gasteiger partial charge in [0.25, 0.3) is 0 Å². The highest BCUT2D eigenvalue weighted by atomic mass is 16.5. The molecule has 4 aromatic carbocycles. The summed E-state index contributed by atoms with van der Waals surface area (Å²) in [5.41, 5.74) is 2.70. The molecule has 4 aromatic rings. The quantitative estimate of drug-likeness (QED) is 0.246. The van der Waals surface area contributed by atoms with E-state index in [-0.39, 0.29) is 0 Å². The number of carbonyl (C=O) groups is 2. The van der Waals surface area contributed by atoms with Crippen LogP contribution in [0.3, 0.4) is 0 Å². The molecule has 4 heteroatoms. The smallest absolute Gasteiger partial charge is 0.127 e. The SMILES string of the molecule is C=O.C=O.c1ccc(Oc2ccc(CCCCc3ccc(Oc4ccccc4)cc3)cc2)cc1. The number of rotatable bonds is 9. The van der Waals surface area contributed by atoms with Gasteiger partial charge in [0.05, 0.1) is 0 Å². The summed E-state index contributed by atoms with van der Waals surface area (Å²) < 4.78 is 11.7. The maximum atomic E-state index is 8.00. The van der Waals surface area contributed by atoms with Gasteiger partial charge in [-0.25, -0.2) is 0 Å². The van der Waals surface area contributed by atoms with Crippen LogP contribution in [0.15, 0.2) is 109 Å². The van der Waals surface area contributed by atoms with Gasteiger partial charge < -0.3 is 19.1 Å². The second-order valence-corrected chi connectivity index (χ2v) is 7.33. The lowest BCUT2D eigenvalue weighted by molar-refractivity contribution is -0.0987. The third kappa shape index (κ3) is 9.13. The normalized spacial score (nSPS) is 9.53. The van der Waals surface area contributed by atoms with Crippen molar-refractivity contribution in [1.29, 1.82) is 0 Å². The summed E-state index contributed by atoms with van der Waals surface area (Å²) in [4.78, 5) is 16.0. The topological polar surface area (TPSA) is 52.6 Å². The molecule has 174 valence electrons. The van der Waals surface area contributed by atoms with Crippen molar-refractivity contribution in [3.8, 4) is 23.0 Å². The molecule has 0 fully saturated rings. The molecule has 0 heterocycles. The molecule has 0 aliphatic rings. The molecule has 0 saturated carbocycles. The Kier molecular flexibility index (Phi) is 12.0. The molecule has 0 saturated heterocycles. The standard InChI is InChI=1S/C28H26O2.2CH2O/c1-3-11-25(12-4-1)29-27-19-15-23(16-20-27)9-7-8-10-24-17-21-28(22-18-24)30-26-13-5-2-6-14-26;2*1-2/h1-6,11-22H,7-10H2;2*1H2. The molecule has 4 nitrogen and oxygen atoms in total. The Morgan fingerprint density at radius 3 is 1.03 bits per heavy atom. The molecule has 0 aliphatic carbocycles. The maximum Gasteiger partial charge on any atom is 0.127 e. The number of benzene rings is 4. The van der Waals surface area contributed by atoms with E-state index >= 15 is 0 Å². The first-order valence-corrected chi connectivity index (χ1v) is 11.1. The molecule has 0 N–H and O–H groups in total. The molecule has 0 aliphatic heterocycles. The van der Waals surface area contributed by atoms with E-state index in [1.54, 1.807) is 0 Å². The summed E-state index contributed by atoms with van der Waals surface area (Å²) in [6, 6.07) is 36.6. The van der Waals surface area contributed by atoms with Gasteiger partial charge in [0.15, 0.2) is 0 Å². The summed E-state index contributed by atoms with van der Waals surface area (Å²) in [6.45, 7) is 4.00. The van der Waals surface area contributed by atoms with E-state index in [0.717, 1.165) is 35.8 Å². The summed E-state index contributed by atoms with van der Waals surface area (Å²) in [5.74, 6) is 3.49. The molecule has 0 bridgehead atoms. The van der Waals surface area contributed by atoms with Crippen molar-refractivity contribution < 1.29 is 19.1 Å². The molecular weight excluding hydrogens is 424 g/mol. The van der Waals surface area contributed by atoms with E-state index in [1.165, 1.54) is 24.0 Å². The third-order valence-electron chi connectivity index (χ3n) is 4.99. The van der Waals surface area contributed by atoms with E-state index in [1.807, 2.05) is 98.5 Å². The van der Waals surface area contributed by atoms with Gasteiger partial charge in [-0.1, -0.05) is 60.7 Å². The van der Waals surface area contributed by atoms with E-state index in [0.29, 0.717) is 0 Å². The lowest BCUT2D eigenvalue weighted by atomic mass is 10.0. The van der Waals surface area contributed by atoms with Crippen molar-refractivity contribution in [3.63, 3.8) is 0 Å². The van der Waals surface area contributed by atoms with Gasteiger partial charge in [0.1, 0.15) is 36.6 Å². The number of hydrogen-bond donors (Lipinski definition) is 0. The first-order chi connectivity index (χ1) is 16.8. The van der Waals surface area contributed by atoms with Crippen LogP contribution >= 0.6 is 0 Å². The van der Waals surface area contributed by atoms with E-state index in [2.05, 4.69) is 24.3 Å². The number of ether oxygens (including phenoxy) is 2. The zero-order valence-corrected chi connectivity index (χ0v) is 19.3. The van der Waals surface area contributed by atoms with Crippen molar-refractivity contribution in [2.45, 2.75) is 25.7 Å². The van der Waals surface area contributed by atoms with E-state index < -0.39 is 0 Å². The largest absolute Gasteiger partial charge is 0.457 e. The first kappa shape index (κ1) is 26.1. The van der Waals surface area contributed by atoms with Crippen LogP contribution in [0.5, 0.6) is 23.0 Å². The fourth-order valence-corrected chi connectivity index (χ4v) is 3.36. The van der Waals surface area contributed by atoms with Gasteiger partial charge >= 0.3 is 0 Å². The van der Waals surface area contributed by atoms with E-state index in [4.69, 9.17) is 19.1 Å². The minimum Gasteiger partial charge on any atom is -0.457 e. The molecule has 0 amide bonds. The Morgan fingerprint density at radius 1 is 0.412 bits per heavy atom. The molecule has 0 radical (unpaired) electrons. The van der Waals surface area contributed by atoms with Crippen LogP contribution in [0.4, 0.5) is 0 Å². The molecule has 0 spiro atoms. The van der Waals surface area contributed by atoms with Gasteiger partial charge in [0.2, 0.25) is 0 Å². The van der Waals surface area contributed by atoms with Crippen LogP contribution < -0.4 is 9.47 Å². The van der Waals surface area contributed by atoms with Crippen molar-refractivity contribution in [2.24, 2.45) is 0 Å². The van der Waals surface area contributed by atoms with Gasteiger partial charge in [0, 0.05) is 0 Å². The lowest BCUT2D eigenvalue weighted by Crippen LogP contribution is -1.91. The van der Waals surface area contributed by atoms with Gasteiger partial charge in [-0.15, -0.1) is 0 Å². The summed E-state index contributed by atoms with van der Waals surface area (Å²) >= 11 is 0. The number of hydrogen-bond acceptors (Lipinski definition) is 4. The number of carbonyl (C=O) groups excluding carboxylic acids is 2. The lowest BCUT2D eigenvalue weighted by Gasteiger charge is -2.08. The average Bonchev–Trinajstić information content (AvgIpc) is 2.92. The number of para-hydroxylation sites is 2. The highest BCUT2D eigenvalue weighted by Crippen LogP contribution is 2.23. The van der Waals surface area contributed by atoms with E-state index in [9.17, 15) is 0 Å². The molecule has 0 unspecified atom stereocenters. The Morgan fingerprint density at radius 2 is 0.706 bits per heavy atom. The highest BCUT2D eigenvalue weighted by Gasteiger charge is 2.00. The fourth-order valence-electron chi connectivity index (χ4n) is 3.36. The zero-order chi connectivity index (χ0) is 24.4. The van der Waals surface area contributed by atoms with Gasteiger partial charge in [-0.05, 0) is 85.3 Å². The predicted molar refractivity (Wildman–Crippen MR) is 137 cm³/mol. The monoisotopic (exact) mass is 454 g/mol. The summed E-state index contributed by atoms with van der Waals surface area (Å²) in [7, 11) is 0. The second kappa shape index (κ2) is 15.6. The Hall–Kier alpha value is -4.18. The van der Waals surface area contributed by atoms with Crippen molar-refractivity contribution in [3.05, 3.63) is 120 Å². The highest BCUT2D eigenvalue weighted by molar-refractivity contribution is 5.34. The van der Waals surface area contributed by atoms with Crippen LogP contribution in [-0.2, 0) is 22.4 Å². The van der Waals surface area contributed by atoms with Crippen LogP contribution in [0.2, 0.25) is 0 Å². The molecular formula is C30H30O4. The molecule has 0 atom stereocenters. The predicted octanol–water partition coefficient (Wildman–Crippen LogP) is 7.47. The maximum absolute atomic E-state index is 8.00. The van der Waals surface area contributed by atoms with Crippen molar-refractivity contribution >= 4 is 13.6 Å². The summed E-state index contributed by atoms with van der Waals surface area (Å²) in [6.07, 6.45) is 4.50. The number of aryl methyl sites for hydroxylation is 2. The zero-order valence-electron chi connectivity index (χ0n) is 19.3. The summed E-state index contributed by atoms with van der Waals surface area (Å²) in [5, 5.41) is 0. The first-order valence-electron chi connectivity index (χ1n) is 11.1. The van der Waals surface area contributed by atoms with Crippen LogP contribution in [0.25, 0.3) is 0 Å². The molecule has 34 heavy (non-hydrogen) atoms. The van der Waals surface area contributed by atoms with Gasteiger partial charge in [-0.3, -0.25) is 0 Å². The van der Waals surface area contributed by atoms with Crippen LogP contribution in [0.1, 0.15) is 24.0 Å². The Bertz CT molecular complexity index is 957. The minimum absolute atomic E-state index is 0.866. The Balaban J connectivity index is 0.000000970. The Labute approximate surface area is 201 Å². The third-order valence-corrected chi connectivity index (χ3v) is 4.99. The van der Waals surface area contributed by atoms with Gasteiger partial charge in [-0.2, -0.15) is 0 Å². The van der Waals surface area contributed by atoms with Crippen molar-refractivity contribution in [2.75, 3.05) is 0 Å². The van der Waals surface area contributed by atoms with Crippen LogP contribution in [0, 0.1) is 0 Å². The molecule has 0 aromatic heterocycles. The second-order valence-electron chi connectivity index (χ2n) is 7.33. The molecule has 4 rings (SSSR count). The van der Waals surface area contributed by atoms with Crippen molar-refractivity contribution in [1.82, 2.24) is 0 Å². The van der Waals surface area contributed by atoms with Crippen LogP contribution in [-0.4, -0.2) is 13.6 Å². The fraction of sp³-hybridized carbons (Fsp3) is 0.133. The number of unbranched alkanes of at least 4 members (excludes halogenated alkanes) is 1. The minimum atomic E-state index is 0.866. The average molecular weight is 455 g/mol.